The van der Waals surface area contributed by atoms with Crippen molar-refractivity contribution in [2.24, 2.45) is 0 Å². The largest absolute Gasteiger partial charge is 0.0616 e. The molecule has 26 heavy (non-hydrogen) atoms. The molecule has 128 valence electrons. The van der Waals surface area contributed by atoms with Crippen LogP contribution in [-0.4, -0.2) is 0 Å². The molecular weight excluding hydrogens is 312 g/mol. The van der Waals surface area contributed by atoms with Crippen molar-refractivity contribution >= 4 is 21.5 Å². The van der Waals surface area contributed by atoms with E-state index in [0.29, 0.717) is 0 Å². The van der Waals surface area contributed by atoms with Gasteiger partial charge < -0.3 is 0 Å². The van der Waals surface area contributed by atoms with E-state index in [1.54, 1.807) is 0 Å². The first-order chi connectivity index (χ1) is 12.9. The van der Waals surface area contributed by atoms with Crippen molar-refractivity contribution in [1.29, 1.82) is 0 Å². The van der Waals surface area contributed by atoms with E-state index in [1.807, 2.05) is 0 Å². The third-order valence-electron chi connectivity index (χ3n) is 6.31. The third kappa shape index (κ3) is 2.52. The van der Waals surface area contributed by atoms with E-state index >= 15 is 0 Å². The van der Waals surface area contributed by atoms with E-state index in [-0.39, 0.29) is 5.41 Å². The lowest BCUT2D eigenvalue weighted by Crippen LogP contribution is -2.30. The summed E-state index contributed by atoms with van der Waals surface area (Å²) < 4.78 is 0. The van der Waals surface area contributed by atoms with Gasteiger partial charge in [0.05, 0.1) is 0 Å². The maximum absolute atomic E-state index is 2.44. The smallest absolute Gasteiger partial charge is 0.0203 e. The number of benzene rings is 4. The minimum atomic E-state index is 0.159. The molecule has 0 N–H and O–H groups in total. The van der Waals surface area contributed by atoms with Gasteiger partial charge in [0.25, 0.3) is 0 Å². The second kappa shape index (κ2) is 6.29. The lowest BCUT2D eigenvalue weighted by molar-refractivity contribution is 0.346. The Morgan fingerprint density at radius 3 is 1.42 bits per heavy atom. The molecule has 1 fully saturated rings. The Hall–Kier alpha value is -2.60. The van der Waals surface area contributed by atoms with Crippen LogP contribution >= 0.6 is 0 Å². The molecule has 0 heterocycles. The van der Waals surface area contributed by atoms with Crippen LogP contribution in [0.15, 0.2) is 84.9 Å². The number of hydrogen-bond donors (Lipinski definition) is 0. The van der Waals surface area contributed by atoms with Crippen LogP contribution in [0, 0.1) is 0 Å². The molecule has 0 radical (unpaired) electrons. The normalized spacial score (nSPS) is 16.8. The highest BCUT2D eigenvalue weighted by Gasteiger charge is 2.35. The summed E-state index contributed by atoms with van der Waals surface area (Å²) in [5.41, 5.74) is 3.14. The molecule has 0 spiro atoms. The zero-order chi connectivity index (χ0) is 17.4. The summed E-state index contributed by atoms with van der Waals surface area (Å²) in [5, 5.41) is 5.38. The van der Waals surface area contributed by atoms with Crippen molar-refractivity contribution < 1.29 is 0 Å². The fraction of sp³-hybridized carbons (Fsp3) is 0.231. The fourth-order valence-corrected chi connectivity index (χ4v) is 4.87. The van der Waals surface area contributed by atoms with Crippen LogP contribution in [0.2, 0.25) is 0 Å². The summed E-state index contributed by atoms with van der Waals surface area (Å²) in [6.45, 7) is 0. The summed E-state index contributed by atoms with van der Waals surface area (Å²) in [6.07, 6.45) is 6.51. The van der Waals surface area contributed by atoms with Gasteiger partial charge in [-0.2, -0.15) is 0 Å². The van der Waals surface area contributed by atoms with Crippen LogP contribution in [0.5, 0.6) is 0 Å². The van der Waals surface area contributed by atoms with Crippen LogP contribution in [0.4, 0.5) is 0 Å². The van der Waals surface area contributed by atoms with Gasteiger partial charge in [0, 0.05) is 5.41 Å². The molecule has 0 aromatic heterocycles. The van der Waals surface area contributed by atoms with E-state index in [9.17, 15) is 0 Å². The molecule has 0 unspecified atom stereocenters. The molecule has 5 rings (SSSR count). The first-order valence-corrected chi connectivity index (χ1v) is 9.84. The van der Waals surface area contributed by atoms with Crippen LogP contribution in [0.25, 0.3) is 21.5 Å². The summed E-state index contributed by atoms with van der Waals surface area (Å²) in [6, 6.07) is 31.7. The Morgan fingerprint density at radius 1 is 0.462 bits per heavy atom. The van der Waals surface area contributed by atoms with Crippen molar-refractivity contribution in [3.8, 4) is 0 Å². The lowest BCUT2D eigenvalue weighted by atomic mass is 9.65. The van der Waals surface area contributed by atoms with Gasteiger partial charge in [0.1, 0.15) is 0 Å². The van der Waals surface area contributed by atoms with Crippen molar-refractivity contribution in [1.82, 2.24) is 0 Å². The van der Waals surface area contributed by atoms with Gasteiger partial charge in [-0.05, 0) is 45.5 Å². The SMILES string of the molecule is c1ccc2cc(C3(c4ccc5ccccc5c4)CCCCC3)ccc2c1. The van der Waals surface area contributed by atoms with Gasteiger partial charge >= 0.3 is 0 Å². The molecule has 0 nitrogen and oxygen atoms in total. The minimum Gasteiger partial charge on any atom is -0.0616 e. The molecule has 0 heteroatoms. The molecule has 0 aliphatic heterocycles. The maximum Gasteiger partial charge on any atom is 0.0203 e. The molecule has 1 aliphatic carbocycles. The van der Waals surface area contributed by atoms with Crippen LogP contribution in [0.1, 0.15) is 43.2 Å². The summed E-state index contributed by atoms with van der Waals surface area (Å²) in [7, 11) is 0. The van der Waals surface area contributed by atoms with Crippen LogP contribution in [0.3, 0.4) is 0 Å². The van der Waals surface area contributed by atoms with Crippen molar-refractivity contribution in [3.63, 3.8) is 0 Å². The maximum atomic E-state index is 2.44. The Morgan fingerprint density at radius 2 is 0.923 bits per heavy atom. The predicted octanol–water partition coefficient (Wildman–Crippen LogP) is 7.24. The van der Waals surface area contributed by atoms with Crippen molar-refractivity contribution in [2.75, 3.05) is 0 Å². The molecule has 0 bridgehead atoms. The van der Waals surface area contributed by atoms with Gasteiger partial charge in [-0.3, -0.25) is 0 Å². The fourth-order valence-electron chi connectivity index (χ4n) is 4.87. The van der Waals surface area contributed by atoms with Gasteiger partial charge in [-0.25, -0.2) is 0 Å². The first-order valence-electron chi connectivity index (χ1n) is 9.84. The molecule has 1 aliphatic rings. The number of rotatable bonds is 2. The highest BCUT2D eigenvalue weighted by Crippen LogP contribution is 2.46. The average molecular weight is 336 g/mol. The lowest BCUT2D eigenvalue weighted by Gasteiger charge is -2.39. The quantitative estimate of drug-likeness (QED) is 0.362. The predicted molar refractivity (Wildman–Crippen MR) is 112 cm³/mol. The summed E-state index contributed by atoms with van der Waals surface area (Å²) in [4.78, 5) is 0. The van der Waals surface area contributed by atoms with Crippen molar-refractivity contribution in [3.05, 3.63) is 96.1 Å². The van der Waals surface area contributed by atoms with E-state index in [0.717, 1.165) is 0 Å². The van der Waals surface area contributed by atoms with Gasteiger partial charge in [0.15, 0.2) is 0 Å². The second-order valence-electron chi connectivity index (χ2n) is 7.77. The third-order valence-corrected chi connectivity index (χ3v) is 6.31. The molecular formula is C26H24. The second-order valence-corrected chi connectivity index (χ2v) is 7.77. The Bertz CT molecular complexity index is 986. The van der Waals surface area contributed by atoms with Gasteiger partial charge in [-0.15, -0.1) is 0 Å². The Kier molecular flexibility index (Phi) is 3.78. The standard InChI is InChI=1S/C26H24/c1-6-16-26(17-7-1,24-14-12-20-8-2-4-10-22(20)18-24)25-15-13-21-9-3-5-11-23(21)19-25/h2-5,8-15,18-19H,1,6-7,16-17H2. The van der Waals surface area contributed by atoms with E-state index in [2.05, 4.69) is 84.9 Å². The highest BCUT2D eigenvalue weighted by atomic mass is 14.4. The molecule has 0 atom stereocenters. The molecule has 0 amide bonds. The Balaban J connectivity index is 1.71. The van der Waals surface area contributed by atoms with Gasteiger partial charge in [0.2, 0.25) is 0 Å². The molecule has 0 saturated heterocycles. The first kappa shape index (κ1) is 15.6. The van der Waals surface area contributed by atoms with Crippen molar-refractivity contribution in [2.45, 2.75) is 37.5 Å². The topological polar surface area (TPSA) is 0 Å². The molecule has 1 saturated carbocycles. The number of hydrogen-bond acceptors (Lipinski definition) is 0. The zero-order valence-electron chi connectivity index (χ0n) is 15.1. The molecule has 4 aromatic rings. The van der Waals surface area contributed by atoms with E-state index in [4.69, 9.17) is 0 Å². The monoisotopic (exact) mass is 336 g/mol. The van der Waals surface area contributed by atoms with Crippen LogP contribution in [-0.2, 0) is 5.41 Å². The zero-order valence-corrected chi connectivity index (χ0v) is 15.1. The van der Waals surface area contributed by atoms with Gasteiger partial charge in [-0.1, -0.05) is 104 Å². The Labute approximate surface area is 155 Å². The number of fused-ring (bicyclic) bond motifs is 2. The minimum absolute atomic E-state index is 0.159. The highest BCUT2D eigenvalue weighted by molar-refractivity contribution is 5.85. The summed E-state index contributed by atoms with van der Waals surface area (Å²) >= 11 is 0. The summed E-state index contributed by atoms with van der Waals surface area (Å²) in [5.74, 6) is 0. The van der Waals surface area contributed by atoms with Crippen LogP contribution < -0.4 is 0 Å². The molecule has 4 aromatic carbocycles. The van der Waals surface area contributed by atoms with E-state index < -0.39 is 0 Å². The average Bonchev–Trinajstić information content (AvgIpc) is 2.73. The van der Waals surface area contributed by atoms with E-state index in [1.165, 1.54) is 64.8 Å².